The number of halogens is 2. The van der Waals surface area contributed by atoms with E-state index in [2.05, 4.69) is 30.5 Å². The summed E-state index contributed by atoms with van der Waals surface area (Å²) >= 11 is 9.79. The Bertz CT molecular complexity index is 1960. The topological polar surface area (TPSA) is 95.0 Å². The van der Waals surface area contributed by atoms with E-state index in [1.807, 2.05) is 41.0 Å². The van der Waals surface area contributed by atoms with E-state index in [-0.39, 0.29) is 28.2 Å². The molecule has 3 aliphatic heterocycles. The zero-order valence-electron chi connectivity index (χ0n) is 25.0. The summed E-state index contributed by atoms with van der Waals surface area (Å²) < 4.78 is 32.7. The van der Waals surface area contributed by atoms with Gasteiger partial charge in [-0.15, -0.1) is 0 Å². The van der Waals surface area contributed by atoms with Gasteiger partial charge in [0.15, 0.2) is 0 Å². The lowest BCUT2D eigenvalue weighted by Crippen LogP contribution is -2.49. The van der Waals surface area contributed by atoms with E-state index < -0.39 is 10.0 Å². The van der Waals surface area contributed by atoms with E-state index in [9.17, 15) is 18.0 Å². The van der Waals surface area contributed by atoms with Crippen molar-refractivity contribution in [3.8, 4) is 0 Å². The molecule has 1 aromatic heterocycles. The number of hydrogen-bond acceptors (Lipinski definition) is 6. The lowest BCUT2D eigenvalue weighted by atomic mass is 9.83. The van der Waals surface area contributed by atoms with Gasteiger partial charge in [0.25, 0.3) is 21.5 Å². The van der Waals surface area contributed by atoms with Crippen LogP contribution in [0.3, 0.4) is 0 Å². The molecule has 0 radical (unpaired) electrons. The Morgan fingerprint density at radius 1 is 0.826 bits per heavy atom. The number of carbonyl (C=O) groups is 1. The van der Waals surface area contributed by atoms with E-state index in [1.165, 1.54) is 0 Å². The molecule has 0 aliphatic carbocycles. The van der Waals surface area contributed by atoms with Crippen molar-refractivity contribution in [2.45, 2.75) is 23.8 Å². The number of carbonyl (C=O) groups excluding carboxylic acids is 1. The summed E-state index contributed by atoms with van der Waals surface area (Å²) in [5.41, 5.74) is 3.45. The Kier molecular flexibility index (Phi) is 8.33. The molecule has 0 unspecified atom stereocenters. The van der Waals surface area contributed by atoms with Crippen molar-refractivity contribution in [3.63, 3.8) is 0 Å². The number of hydrogen-bond donors (Lipinski definition) is 1. The highest BCUT2D eigenvalue weighted by molar-refractivity contribution is 9.10. The first kappa shape index (κ1) is 30.8. The number of benzene rings is 3. The summed E-state index contributed by atoms with van der Waals surface area (Å²) in [4.78, 5) is 32.7. The van der Waals surface area contributed by atoms with E-state index in [4.69, 9.17) is 11.6 Å². The average molecular weight is 723 g/mol. The zero-order chi connectivity index (χ0) is 32.0. The lowest BCUT2D eigenvalue weighted by Gasteiger charge is -2.44. The standard InChI is InChI=1S/C34H33BrClN5O4S/c35-26-9-11-27(12-10-26)46(44,45)37-29-19-24(34(43)39-16-14-38(15-17-39)31-5-2-1-4-28(31)36)8-13-32(29)40-20-23-18-25(22-40)30-6-3-7-33(42)41(30)21-23/h1-13,19,23,25,37H,14-18,20-22H2/t23-,25+/m1/s1. The number of para-hydroxylation sites is 1. The molecule has 2 fully saturated rings. The minimum absolute atomic E-state index is 0.0131. The van der Waals surface area contributed by atoms with Crippen LogP contribution in [0.1, 0.15) is 28.4 Å². The quantitative estimate of drug-likeness (QED) is 0.277. The van der Waals surface area contributed by atoms with Gasteiger partial charge in [0.2, 0.25) is 0 Å². The molecular formula is C34H33BrClN5O4S. The summed E-state index contributed by atoms with van der Waals surface area (Å²) in [5, 5.41) is 0.679. The van der Waals surface area contributed by atoms with Crippen LogP contribution in [0.25, 0.3) is 0 Å². The molecule has 0 spiro atoms. The molecule has 3 aliphatic rings. The molecule has 7 rings (SSSR count). The number of amides is 1. The number of nitrogens with one attached hydrogen (secondary N) is 1. The summed E-state index contributed by atoms with van der Waals surface area (Å²) in [6, 6.07) is 24.9. The monoisotopic (exact) mass is 721 g/mol. The van der Waals surface area contributed by atoms with Crippen LogP contribution in [0.15, 0.2) is 99.1 Å². The predicted molar refractivity (Wildman–Crippen MR) is 185 cm³/mol. The smallest absolute Gasteiger partial charge is 0.261 e. The summed E-state index contributed by atoms with van der Waals surface area (Å²) in [7, 11) is -3.96. The molecule has 46 heavy (non-hydrogen) atoms. The van der Waals surface area contributed by atoms with Gasteiger partial charge < -0.3 is 19.3 Å². The van der Waals surface area contributed by atoms with E-state index in [0.29, 0.717) is 67.8 Å². The Morgan fingerprint density at radius 2 is 1.59 bits per heavy atom. The molecule has 2 saturated heterocycles. The van der Waals surface area contributed by atoms with Crippen LogP contribution in [0.5, 0.6) is 0 Å². The first-order chi connectivity index (χ1) is 22.2. The maximum Gasteiger partial charge on any atom is 0.261 e. The maximum atomic E-state index is 13.8. The lowest BCUT2D eigenvalue weighted by molar-refractivity contribution is 0.0747. The SMILES string of the molecule is O=C(c1ccc(N2C[C@H]3C[C@@H](C2)c2cccc(=O)n2C3)c(NS(=O)(=O)c2ccc(Br)cc2)c1)N1CCN(c2ccccc2Cl)CC1. The molecule has 1 N–H and O–H groups in total. The van der Waals surface area contributed by atoms with Crippen molar-refractivity contribution in [2.24, 2.45) is 5.92 Å². The second-order valence-electron chi connectivity index (χ2n) is 12.1. The Hall–Kier alpha value is -3.80. The number of piperidine rings is 1. The normalized spacial score (nSPS) is 19.5. The average Bonchev–Trinajstić information content (AvgIpc) is 3.05. The van der Waals surface area contributed by atoms with Crippen molar-refractivity contribution in [1.82, 2.24) is 9.47 Å². The number of anilines is 3. The highest BCUT2D eigenvalue weighted by Gasteiger charge is 2.36. The van der Waals surface area contributed by atoms with Gasteiger partial charge in [0, 0.05) is 73.5 Å². The van der Waals surface area contributed by atoms with E-state index in [1.54, 1.807) is 53.4 Å². The third-order valence-corrected chi connectivity index (χ3v) is 11.4. The number of rotatable bonds is 6. The first-order valence-corrected chi connectivity index (χ1v) is 18.0. The van der Waals surface area contributed by atoms with Gasteiger partial charge in [-0.25, -0.2) is 8.42 Å². The number of sulfonamides is 1. The number of piperazine rings is 1. The van der Waals surface area contributed by atoms with Crippen LogP contribution in [0.4, 0.5) is 17.1 Å². The molecule has 1 amide bonds. The Balaban J connectivity index is 1.18. The van der Waals surface area contributed by atoms with E-state index >= 15 is 0 Å². The third kappa shape index (κ3) is 6.03. The third-order valence-electron chi connectivity index (χ3n) is 9.19. The second kappa shape index (κ2) is 12.4. The van der Waals surface area contributed by atoms with Gasteiger partial charge >= 0.3 is 0 Å². The number of fused-ring (bicyclic) bond motifs is 4. The second-order valence-corrected chi connectivity index (χ2v) is 15.1. The fourth-order valence-corrected chi connectivity index (χ4v) is 8.56. The van der Waals surface area contributed by atoms with Gasteiger partial charge in [-0.05, 0) is 73.0 Å². The summed E-state index contributed by atoms with van der Waals surface area (Å²) in [6.07, 6.45) is 0.969. The summed E-state index contributed by atoms with van der Waals surface area (Å²) in [5.74, 6) is 0.212. The molecule has 238 valence electrons. The number of aromatic nitrogens is 1. The van der Waals surface area contributed by atoms with Crippen molar-refractivity contribution < 1.29 is 13.2 Å². The van der Waals surface area contributed by atoms with Crippen LogP contribution in [0, 0.1) is 5.92 Å². The fourth-order valence-electron chi connectivity index (χ4n) is 6.98. The van der Waals surface area contributed by atoms with E-state index in [0.717, 1.165) is 22.3 Å². The van der Waals surface area contributed by atoms with Crippen LogP contribution >= 0.6 is 27.5 Å². The van der Waals surface area contributed by atoms with Gasteiger partial charge in [-0.3, -0.25) is 14.3 Å². The molecule has 4 heterocycles. The van der Waals surface area contributed by atoms with Gasteiger partial charge in [-0.1, -0.05) is 45.7 Å². The molecule has 4 aromatic rings. The fraction of sp³-hybridized carbons (Fsp3) is 0.294. The molecule has 9 nitrogen and oxygen atoms in total. The molecular weight excluding hydrogens is 690 g/mol. The van der Waals surface area contributed by atoms with Crippen molar-refractivity contribution >= 4 is 60.5 Å². The molecule has 12 heteroatoms. The minimum atomic E-state index is -3.96. The van der Waals surface area contributed by atoms with Crippen LogP contribution in [-0.4, -0.2) is 63.1 Å². The molecule has 0 saturated carbocycles. The maximum absolute atomic E-state index is 13.8. The first-order valence-electron chi connectivity index (χ1n) is 15.3. The van der Waals surface area contributed by atoms with Crippen LogP contribution in [0.2, 0.25) is 5.02 Å². The van der Waals surface area contributed by atoms with Crippen LogP contribution in [-0.2, 0) is 16.6 Å². The molecule has 2 atom stereocenters. The molecule has 2 bridgehead atoms. The van der Waals surface area contributed by atoms with Crippen LogP contribution < -0.4 is 20.1 Å². The predicted octanol–water partition coefficient (Wildman–Crippen LogP) is 5.65. The number of nitrogens with zero attached hydrogens (tertiary/aromatic N) is 4. The Morgan fingerprint density at radius 3 is 2.35 bits per heavy atom. The minimum Gasteiger partial charge on any atom is -0.369 e. The highest BCUT2D eigenvalue weighted by atomic mass is 79.9. The zero-order valence-corrected chi connectivity index (χ0v) is 28.1. The summed E-state index contributed by atoms with van der Waals surface area (Å²) in [6.45, 7) is 4.22. The highest BCUT2D eigenvalue weighted by Crippen LogP contribution is 2.40. The van der Waals surface area contributed by atoms with Crippen molar-refractivity contribution in [1.29, 1.82) is 0 Å². The van der Waals surface area contributed by atoms with Gasteiger partial charge in [-0.2, -0.15) is 0 Å². The van der Waals surface area contributed by atoms with Crippen molar-refractivity contribution in [2.75, 3.05) is 53.8 Å². The Labute approximate surface area is 281 Å². The largest absolute Gasteiger partial charge is 0.369 e. The van der Waals surface area contributed by atoms with Gasteiger partial charge in [0.1, 0.15) is 0 Å². The van der Waals surface area contributed by atoms with Crippen molar-refractivity contribution in [3.05, 3.63) is 116 Å². The molecule has 3 aromatic carbocycles. The number of pyridine rings is 1. The van der Waals surface area contributed by atoms with Gasteiger partial charge in [0.05, 0.1) is 27.0 Å².